The van der Waals surface area contributed by atoms with Gasteiger partial charge in [0.1, 0.15) is 5.82 Å². The maximum Gasteiger partial charge on any atom is 0.227 e. The zero-order valence-electron chi connectivity index (χ0n) is 10.0. The van der Waals surface area contributed by atoms with Gasteiger partial charge in [0.2, 0.25) is 5.91 Å². The van der Waals surface area contributed by atoms with Gasteiger partial charge in [0, 0.05) is 17.6 Å². The molecule has 1 aliphatic carbocycles. The van der Waals surface area contributed by atoms with Gasteiger partial charge >= 0.3 is 0 Å². The van der Waals surface area contributed by atoms with Crippen LogP contribution in [0.4, 0.5) is 4.39 Å². The van der Waals surface area contributed by atoms with E-state index in [4.69, 9.17) is 5.73 Å². The molecule has 0 radical (unpaired) electrons. The molecule has 2 rings (SSSR count). The lowest BCUT2D eigenvalue weighted by Gasteiger charge is -2.39. The van der Waals surface area contributed by atoms with Crippen molar-refractivity contribution in [2.45, 2.75) is 25.8 Å². The second-order valence-corrected chi connectivity index (χ2v) is 5.61. The third-order valence-electron chi connectivity index (χ3n) is 3.63. The summed E-state index contributed by atoms with van der Waals surface area (Å²) in [5.41, 5.74) is 6.00. The fraction of sp³-hybridized carbons (Fsp3) is 0.462. The smallest absolute Gasteiger partial charge is 0.227 e. The van der Waals surface area contributed by atoms with Crippen LogP contribution in [0.5, 0.6) is 0 Å². The van der Waals surface area contributed by atoms with Crippen molar-refractivity contribution in [1.82, 2.24) is 5.32 Å². The Morgan fingerprint density at radius 3 is 2.78 bits per heavy atom. The topological polar surface area (TPSA) is 55.1 Å². The van der Waals surface area contributed by atoms with Gasteiger partial charge in [-0.2, -0.15) is 0 Å². The second kappa shape index (κ2) is 5.36. The molecule has 1 aromatic rings. The maximum absolute atomic E-state index is 13.1. The lowest BCUT2D eigenvalue weighted by atomic mass is 9.68. The highest BCUT2D eigenvalue weighted by Crippen LogP contribution is 2.40. The molecule has 98 valence electrons. The quantitative estimate of drug-likeness (QED) is 0.896. The minimum Gasteiger partial charge on any atom is -0.351 e. The van der Waals surface area contributed by atoms with E-state index < -0.39 is 0 Å². The minimum absolute atomic E-state index is 0.0209. The highest BCUT2D eigenvalue weighted by molar-refractivity contribution is 9.10. The average Bonchev–Trinajstić information content (AvgIpc) is 2.29. The molecule has 18 heavy (non-hydrogen) atoms. The van der Waals surface area contributed by atoms with Crippen molar-refractivity contribution in [1.29, 1.82) is 0 Å². The zero-order chi connectivity index (χ0) is 13.2. The lowest BCUT2D eigenvalue weighted by molar-refractivity contribution is -0.135. The van der Waals surface area contributed by atoms with Gasteiger partial charge in [0.05, 0.1) is 5.41 Å². The third-order valence-corrected chi connectivity index (χ3v) is 4.40. The summed E-state index contributed by atoms with van der Waals surface area (Å²) in [6.45, 7) is 0.697. The largest absolute Gasteiger partial charge is 0.351 e. The first-order valence-electron chi connectivity index (χ1n) is 6.00. The van der Waals surface area contributed by atoms with Crippen LogP contribution in [0.25, 0.3) is 0 Å². The normalized spacial score (nSPS) is 17.1. The van der Waals surface area contributed by atoms with Crippen molar-refractivity contribution < 1.29 is 9.18 Å². The van der Waals surface area contributed by atoms with Crippen LogP contribution in [-0.2, 0) is 11.3 Å². The predicted octanol–water partition coefficient (Wildman–Crippen LogP) is 2.33. The van der Waals surface area contributed by atoms with Crippen LogP contribution in [0.3, 0.4) is 0 Å². The third kappa shape index (κ3) is 2.57. The molecule has 0 heterocycles. The number of rotatable bonds is 4. The predicted molar refractivity (Wildman–Crippen MR) is 71.3 cm³/mol. The molecule has 1 aliphatic rings. The zero-order valence-corrected chi connectivity index (χ0v) is 11.6. The molecule has 1 fully saturated rings. The molecule has 3 nitrogen and oxygen atoms in total. The fourth-order valence-electron chi connectivity index (χ4n) is 2.17. The molecular formula is C13H16BrFN2O. The summed E-state index contributed by atoms with van der Waals surface area (Å²) < 4.78 is 13.9. The molecule has 0 spiro atoms. The fourth-order valence-corrected chi connectivity index (χ4v) is 2.56. The number of nitrogens with one attached hydrogen (secondary N) is 1. The number of benzene rings is 1. The van der Waals surface area contributed by atoms with Crippen LogP contribution in [0.2, 0.25) is 0 Å². The molecular weight excluding hydrogens is 299 g/mol. The molecule has 0 bridgehead atoms. The molecule has 1 amide bonds. The number of amides is 1. The van der Waals surface area contributed by atoms with E-state index in [2.05, 4.69) is 21.2 Å². The SMILES string of the molecule is NCC1(C(=O)NCc2cc(F)ccc2Br)CCC1. The molecule has 1 aromatic carbocycles. The van der Waals surface area contributed by atoms with E-state index in [0.29, 0.717) is 13.1 Å². The summed E-state index contributed by atoms with van der Waals surface area (Å²) in [7, 11) is 0. The van der Waals surface area contributed by atoms with Gasteiger partial charge in [-0.1, -0.05) is 22.4 Å². The minimum atomic E-state index is -0.389. The molecule has 0 saturated heterocycles. The lowest BCUT2D eigenvalue weighted by Crippen LogP contribution is -2.50. The Kier molecular flexibility index (Phi) is 4.02. The number of carbonyl (C=O) groups excluding carboxylic acids is 1. The van der Waals surface area contributed by atoms with Crippen molar-refractivity contribution in [2.24, 2.45) is 11.1 Å². The highest BCUT2D eigenvalue weighted by atomic mass is 79.9. The molecule has 0 aromatic heterocycles. The average molecular weight is 315 g/mol. The van der Waals surface area contributed by atoms with Crippen LogP contribution in [-0.4, -0.2) is 12.5 Å². The van der Waals surface area contributed by atoms with Gasteiger partial charge in [0.15, 0.2) is 0 Å². The summed E-state index contributed by atoms with van der Waals surface area (Å²) in [5.74, 6) is -0.327. The Hall–Kier alpha value is -0.940. The summed E-state index contributed by atoms with van der Waals surface area (Å²) >= 11 is 3.34. The Morgan fingerprint density at radius 2 is 2.22 bits per heavy atom. The Balaban J connectivity index is 1.99. The van der Waals surface area contributed by atoms with E-state index in [1.165, 1.54) is 12.1 Å². The molecule has 1 saturated carbocycles. The van der Waals surface area contributed by atoms with Crippen molar-refractivity contribution in [3.8, 4) is 0 Å². The van der Waals surface area contributed by atoms with E-state index in [9.17, 15) is 9.18 Å². The van der Waals surface area contributed by atoms with E-state index in [1.807, 2.05) is 0 Å². The van der Waals surface area contributed by atoms with Gasteiger partial charge in [-0.3, -0.25) is 4.79 Å². The summed E-state index contributed by atoms with van der Waals surface area (Å²) in [6.07, 6.45) is 2.74. The van der Waals surface area contributed by atoms with Gasteiger partial charge in [-0.25, -0.2) is 4.39 Å². The van der Waals surface area contributed by atoms with Gasteiger partial charge in [-0.15, -0.1) is 0 Å². The van der Waals surface area contributed by atoms with Crippen LogP contribution < -0.4 is 11.1 Å². The van der Waals surface area contributed by atoms with E-state index in [-0.39, 0.29) is 17.1 Å². The first-order valence-corrected chi connectivity index (χ1v) is 6.79. The van der Waals surface area contributed by atoms with Crippen molar-refractivity contribution in [3.05, 3.63) is 34.1 Å². The first kappa shape index (κ1) is 13.5. The van der Waals surface area contributed by atoms with Gasteiger partial charge in [0.25, 0.3) is 0 Å². The van der Waals surface area contributed by atoms with Gasteiger partial charge < -0.3 is 11.1 Å². The van der Waals surface area contributed by atoms with Crippen LogP contribution in [0.1, 0.15) is 24.8 Å². The number of hydrogen-bond donors (Lipinski definition) is 2. The van der Waals surface area contributed by atoms with Crippen LogP contribution >= 0.6 is 15.9 Å². The van der Waals surface area contributed by atoms with Gasteiger partial charge in [-0.05, 0) is 36.6 Å². The maximum atomic E-state index is 13.1. The van der Waals surface area contributed by atoms with E-state index in [0.717, 1.165) is 29.3 Å². The Morgan fingerprint density at radius 1 is 1.50 bits per heavy atom. The van der Waals surface area contributed by atoms with E-state index >= 15 is 0 Å². The summed E-state index contributed by atoms with van der Waals surface area (Å²) in [5, 5.41) is 2.85. The molecule has 3 N–H and O–H groups in total. The standard InChI is InChI=1S/C13H16BrFN2O/c14-11-3-2-10(15)6-9(11)7-17-12(18)13(8-16)4-1-5-13/h2-3,6H,1,4-5,7-8,16H2,(H,17,18). The number of hydrogen-bond acceptors (Lipinski definition) is 2. The first-order chi connectivity index (χ1) is 8.57. The highest BCUT2D eigenvalue weighted by Gasteiger charge is 2.42. The monoisotopic (exact) mass is 314 g/mol. The van der Waals surface area contributed by atoms with Crippen molar-refractivity contribution in [3.63, 3.8) is 0 Å². The molecule has 0 unspecified atom stereocenters. The molecule has 0 atom stereocenters. The Bertz CT molecular complexity index is 455. The summed E-state index contributed by atoms with van der Waals surface area (Å²) in [6, 6.07) is 4.43. The van der Waals surface area contributed by atoms with Crippen LogP contribution in [0, 0.1) is 11.2 Å². The molecule has 0 aliphatic heterocycles. The Labute approximate surface area is 114 Å². The second-order valence-electron chi connectivity index (χ2n) is 4.76. The van der Waals surface area contributed by atoms with Crippen molar-refractivity contribution >= 4 is 21.8 Å². The van der Waals surface area contributed by atoms with Crippen molar-refractivity contribution in [2.75, 3.05) is 6.54 Å². The number of halogens is 2. The van der Waals surface area contributed by atoms with Crippen LogP contribution in [0.15, 0.2) is 22.7 Å². The van der Waals surface area contributed by atoms with E-state index in [1.54, 1.807) is 6.07 Å². The number of nitrogens with two attached hydrogens (primary N) is 1. The molecule has 5 heteroatoms. The number of carbonyl (C=O) groups is 1. The summed E-state index contributed by atoms with van der Waals surface area (Å²) in [4.78, 5) is 12.0.